The van der Waals surface area contributed by atoms with Gasteiger partial charge in [-0.05, 0) is 42.1 Å². The van der Waals surface area contributed by atoms with Gasteiger partial charge in [0, 0.05) is 5.75 Å². The zero-order valence-corrected chi connectivity index (χ0v) is 10.7. The lowest BCUT2D eigenvalue weighted by Crippen LogP contribution is -2.23. The molecular formula is C14H20OS. The second kappa shape index (κ2) is 5.74. The van der Waals surface area contributed by atoms with Gasteiger partial charge in [-0.15, -0.1) is 0 Å². The molecule has 16 heavy (non-hydrogen) atoms. The molecule has 1 aromatic carbocycles. The molecule has 2 heteroatoms. The highest BCUT2D eigenvalue weighted by atomic mass is 32.2. The molecule has 0 heterocycles. The first-order chi connectivity index (χ1) is 7.81. The molecule has 0 aliphatic heterocycles. The fourth-order valence-corrected chi connectivity index (χ4v) is 3.20. The number of thioether (sulfide) groups is 1. The lowest BCUT2D eigenvalue weighted by molar-refractivity contribution is 0.175. The summed E-state index contributed by atoms with van der Waals surface area (Å²) < 4.78 is 0. The van der Waals surface area contributed by atoms with Gasteiger partial charge in [-0.25, -0.2) is 0 Å². The summed E-state index contributed by atoms with van der Waals surface area (Å²) in [5.74, 6) is 2.67. The highest BCUT2D eigenvalue weighted by Gasteiger charge is 2.27. The van der Waals surface area contributed by atoms with E-state index >= 15 is 0 Å². The Bertz CT molecular complexity index is 337. The van der Waals surface area contributed by atoms with Crippen LogP contribution in [0.4, 0.5) is 0 Å². The molecule has 0 radical (unpaired) electrons. The Morgan fingerprint density at radius 2 is 2.25 bits per heavy atom. The summed E-state index contributed by atoms with van der Waals surface area (Å²) in [5, 5.41) is 9.92. The number of rotatable bonds is 6. The van der Waals surface area contributed by atoms with Crippen molar-refractivity contribution in [3.8, 4) is 0 Å². The van der Waals surface area contributed by atoms with E-state index in [1.807, 2.05) is 11.8 Å². The standard InChI is InChI=1S/C14H20OS/c1-2-7-16-10-13(15)9-12-8-11-5-3-4-6-14(11)12/h3-6,12-13,15H,2,7-10H2,1H3. The molecule has 0 aromatic heterocycles. The van der Waals surface area contributed by atoms with Crippen LogP contribution in [0.1, 0.15) is 36.8 Å². The first-order valence-electron chi connectivity index (χ1n) is 6.15. The van der Waals surface area contributed by atoms with Crippen LogP contribution < -0.4 is 0 Å². The van der Waals surface area contributed by atoms with Crippen molar-refractivity contribution in [2.24, 2.45) is 0 Å². The second-order valence-electron chi connectivity index (χ2n) is 4.56. The average molecular weight is 236 g/mol. The van der Waals surface area contributed by atoms with Crippen LogP contribution in [0.15, 0.2) is 24.3 Å². The maximum atomic E-state index is 9.92. The van der Waals surface area contributed by atoms with Crippen molar-refractivity contribution in [1.29, 1.82) is 0 Å². The predicted molar refractivity (Wildman–Crippen MR) is 71.1 cm³/mol. The fourth-order valence-electron chi connectivity index (χ4n) is 2.33. The van der Waals surface area contributed by atoms with E-state index in [9.17, 15) is 5.11 Å². The second-order valence-corrected chi connectivity index (χ2v) is 5.71. The summed E-state index contributed by atoms with van der Waals surface area (Å²) in [6.07, 6.45) is 3.16. The van der Waals surface area contributed by atoms with Crippen molar-refractivity contribution < 1.29 is 5.11 Å². The van der Waals surface area contributed by atoms with Crippen LogP contribution in [0.3, 0.4) is 0 Å². The Kier molecular flexibility index (Phi) is 4.30. The molecular weight excluding hydrogens is 216 g/mol. The fraction of sp³-hybridized carbons (Fsp3) is 0.571. The van der Waals surface area contributed by atoms with Crippen molar-refractivity contribution >= 4 is 11.8 Å². The third kappa shape index (κ3) is 2.80. The summed E-state index contributed by atoms with van der Waals surface area (Å²) in [6, 6.07) is 8.60. The Morgan fingerprint density at radius 3 is 3.00 bits per heavy atom. The molecule has 1 N–H and O–H groups in total. The Morgan fingerprint density at radius 1 is 1.44 bits per heavy atom. The van der Waals surface area contributed by atoms with Gasteiger partial charge < -0.3 is 5.11 Å². The zero-order chi connectivity index (χ0) is 11.4. The van der Waals surface area contributed by atoms with Gasteiger partial charge in [-0.1, -0.05) is 31.2 Å². The lowest BCUT2D eigenvalue weighted by atomic mass is 9.75. The van der Waals surface area contributed by atoms with Gasteiger partial charge >= 0.3 is 0 Å². The largest absolute Gasteiger partial charge is 0.392 e. The summed E-state index contributed by atoms with van der Waals surface area (Å²) >= 11 is 1.87. The summed E-state index contributed by atoms with van der Waals surface area (Å²) in [5.41, 5.74) is 2.93. The van der Waals surface area contributed by atoms with Gasteiger partial charge in [-0.2, -0.15) is 11.8 Å². The van der Waals surface area contributed by atoms with Crippen LogP contribution in [-0.4, -0.2) is 22.7 Å². The van der Waals surface area contributed by atoms with Gasteiger partial charge in [0.2, 0.25) is 0 Å². The van der Waals surface area contributed by atoms with Crippen molar-refractivity contribution in [3.05, 3.63) is 35.4 Å². The molecule has 88 valence electrons. The van der Waals surface area contributed by atoms with Crippen molar-refractivity contribution in [2.45, 2.75) is 38.2 Å². The molecule has 0 saturated heterocycles. The number of benzene rings is 1. The number of hydrogen-bond acceptors (Lipinski definition) is 2. The number of hydrogen-bond donors (Lipinski definition) is 1. The van der Waals surface area contributed by atoms with Crippen LogP contribution in [0.25, 0.3) is 0 Å². The van der Waals surface area contributed by atoms with Crippen molar-refractivity contribution in [3.63, 3.8) is 0 Å². The Labute approximate surface area is 102 Å². The van der Waals surface area contributed by atoms with E-state index in [2.05, 4.69) is 31.2 Å². The maximum absolute atomic E-state index is 9.92. The Hall–Kier alpha value is -0.470. The van der Waals surface area contributed by atoms with E-state index in [1.54, 1.807) is 0 Å². The zero-order valence-electron chi connectivity index (χ0n) is 9.86. The van der Waals surface area contributed by atoms with Crippen molar-refractivity contribution in [2.75, 3.05) is 11.5 Å². The molecule has 1 aromatic rings. The SMILES string of the molecule is CCCSCC(O)CC1Cc2ccccc21. The summed E-state index contributed by atoms with van der Waals surface area (Å²) in [4.78, 5) is 0. The Balaban J connectivity index is 1.76. The van der Waals surface area contributed by atoms with Gasteiger partial charge in [0.05, 0.1) is 6.10 Å². The third-order valence-corrected chi connectivity index (χ3v) is 4.49. The molecule has 0 fully saturated rings. The quantitative estimate of drug-likeness (QED) is 0.765. The molecule has 1 aliphatic carbocycles. The highest BCUT2D eigenvalue weighted by Crippen LogP contribution is 2.38. The van der Waals surface area contributed by atoms with E-state index in [-0.39, 0.29) is 6.10 Å². The van der Waals surface area contributed by atoms with Gasteiger partial charge in [0.25, 0.3) is 0 Å². The van der Waals surface area contributed by atoms with E-state index in [4.69, 9.17) is 0 Å². The van der Waals surface area contributed by atoms with Crippen LogP contribution in [0, 0.1) is 0 Å². The molecule has 2 unspecified atom stereocenters. The van der Waals surface area contributed by atoms with Crippen LogP contribution in [0.2, 0.25) is 0 Å². The van der Waals surface area contributed by atoms with E-state index in [0.29, 0.717) is 5.92 Å². The number of fused-ring (bicyclic) bond motifs is 1. The van der Waals surface area contributed by atoms with Gasteiger partial charge in [-0.3, -0.25) is 0 Å². The molecule has 1 nitrogen and oxygen atoms in total. The average Bonchev–Trinajstić information content (AvgIpc) is 2.26. The monoisotopic (exact) mass is 236 g/mol. The number of aliphatic hydroxyl groups is 1. The maximum Gasteiger partial charge on any atom is 0.0636 e. The molecule has 0 spiro atoms. The minimum Gasteiger partial charge on any atom is -0.392 e. The molecule has 0 saturated carbocycles. The van der Waals surface area contributed by atoms with Crippen molar-refractivity contribution in [1.82, 2.24) is 0 Å². The molecule has 2 rings (SSSR count). The topological polar surface area (TPSA) is 20.2 Å². The third-order valence-electron chi connectivity index (χ3n) is 3.18. The van der Waals surface area contributed by atoms with Crippen LogP contribution in [-0.2, 0) is 6.42 Å². The first-order valence-corrected chi connectivity index (χ1v) is 7.30. The summed E-state index contributed by atoms with van der Waals surface area (Å²) in [7, 11) is 0. The minimum absolute atomic E-state index is 0.130. The predicted octanol–water partition coefficient (Wildman–Crippen LogP) is 3.22. The molecule has 1 aliphatic rings. The molecule has 0 amide bonds. The summed E-state index contributed by atoms with van der Waals surface area (Å²) in [6.45, 7) is 2.18. The van der Waals surface area contributed by atoms with Crippen LogP contribution >= 0.6 is 11.8 Å². The smallest absolute Gasteiger partial charge is 0.0636 e. The van der Waals surface area contributed by atoms with E-state index in [0.717, 1.165) is 24.3 Å². The highest BCUT2D eigenvalue weighted by molar-refractivity contribution is 7.99. The lowest BCUT2D eigenvalue weighted by Gasteiger charge is -2.31. The first kappa shape index (κ1) is 12.0. The van der Waals surface area contributed by atoms with E-state index in [1.165, 1.54) is 17.5 Å². The number of aliphatic hydroxyl groups excluding tert-OH is 1. The molecule has 0 bridgehead atoms. The van der Waals surface area contributed by atoms with Crippen LogP contribution in [0.5, 0.6) is 0 Å². The van der Waals surface area contributed by atoms with Gasteiger partial charge in [0.15, 0.2) is 0 Å². The normalized spacial score (nSPS) is 20.0. The van der Waals surface area contributed by atoms with E-state index < -0.39 is 0 Å². The van der Waals surface area contributed by atoms with Gasteiger partial charge in [0.1, 0.15) is 0 Å². The minimum atomic E-state index is -0.130. The molecule has 2 atom stereocenters.